The van der Waals surface area contributed by atoms with Gasteiger partial charge < -0.3 is 9.30 Å². The van der Waals surface area contributed by atoms with E-state index >= 15 is 0 Å². The highest BCUT2D eigenvalue weighted by atomic mass is 35.5. The molecule has 3 atom stereocenters. The summed E-state index contributed by atoms with van der Waals surface area (Å²) >= 11 is 5.37. The minimum atomic E-state index is -4.60. The summed E-state index contributed by atoms with van der Waals surface area (Å²) < 4.78 is 45.9. The van der Waals surface area contributed by atoms with Gasteiger partial charge in [-0.25, -0.2) is 0 Å². The molecule has 3 nitrogen and oxygen atoms in total. The fraction of sp³-hybridized carbons (Fsp3) is 0.409. The lowest BCUT2D eigenvalue weighted by Crippen LogP contribution is -2.21. The number of rotatable bonds is 4. The number of carbonyl (C=O) groups is 1. The van der Waals surface area contributed by atoms with E-state index in [1.54, 1.807) is 13.8 Å². The van der Waals surface area contributed by atoms with E-state index in [1.807, 2.05) is 47.3 Å². The third-order valence-corrected chi connectivity index (χ3v) is 6.39. The fourth-order valence-corrected chi connectivity index (χ4v) is 4.48. The van der Waals surface area contributed by atoms with Gasteiger partial charge in [0.05, 0.1) is 5.92 Å². The molecule has 2 aliphatic rings. The Bertz CT molecular complexity index is 963. The summed E-state index contributed by atoms with van der Waals surface area (Å²) in [5.74, 6) is -1.65. The number of esters is 1. The van der Waals surface area contributed by atoms with Crippen LogP contribution in [0, 0.1) is 17.3 Å². The molecule has 7 heteroatoms. The number of ether oxygens (including phenoxy) is 1. The van der Waals surface area contributed by atoms with Crippen LogP contribution in [0.1, 0.15) is 25.0 Å². The number of nitrogens with zero attached hydrogens (tertiary/aromatic N) is 1. The van der Waals surface area contributed by atoms with Gasteiger partial charge in [-0.2, -0.15) is 13.2 Å². The van der Waals surface area contributed by atoms with E-state index in [9.17, 15) is 18.0 Å². The Labute approximate surface area is 172 Å². The SMILES string of the molecule is CC1(C)C(/C=C(/Cl)C(F)(F)F)C1C(=O)OC1Cc2cccc(-n3cccc3)c2C1. The van der Waals surface area contributed by atoms with E-state index in [-0.39, 0.29) is 6.10 Å². The van der Waals surface area contributed by atoms with Crippen molar-refractivity contribution in [2.24, 2.45) is 17.3 Å². The highest BCUT2D eigenvalue weighted by Gasteiger charge is 2.62. The number of fused-ring (bicyclic) bond motifs is 1. The van der Waals surface area contributed by atoms with Crippen LogP contribution in [-0.2, 0) is 22.4 Å². The number of alkyl halides is 3. The second-order valence-electron chi connectivity index (χ2n) is 8.31. The topological polar surface area (TPSA) is 31.2 Å². The molecule has 1 heterocycles. The molecular formula is C22H21ClF3NO2. The zero-order valence-corrected chi connectivity index (χ0v) is 16.8. The maximum Gasteiger partial charge on any atom is 0.426 e. The molecule has 1 aromatic heterocycles. The molecule has 0 radical (unpaired) electrons. The average molecular weight is 424 g/mol. The molecule has 2 aliphatic carbocycles. The minimum Gasteiger partial charge on any atom is -0.461 e. The van der Waals surface area contributed by atoms with Gasteiger partial charge in [-0.1, -0.05) is 43.7 Å². The Morgan fingerprint density at radius 2 is 1.90 bits per heavy atom. The quantitative estimate of drug-likeness (QED) is 0.613. The third kappa shape index (κ3) is 3.70. The Morgan fingerprint density at radius 1 is 1.21 bits per heavy atom. The molecule has 0 amide bonds. The van der Waals surface area contributed by atoms with E-state index in [2.05, 4.69) is 0 Å². The summed E-state index contributed by atoms with van der Waals surface area (Å²) in [5.41, 5.74) is 2.70. The van der Waals surface area contributed by atoms with E-state index < -0.39 is 34.4 Å². The molecule has 29 heavy (non-hydrogen) atoms. The summed E-state index contributed by atoms with van der Waals surface area (Å²) in [6.45, 7) is 3.52. The first kappa shape index (κ1) is 20.1. The predicted octanol–water partition coefficient (Wildman–Crippen LogP) is 5.44. The lowest BCUT2D eigenvalue weighted by molar-refractivity contribution is -0.151. The first-order valence-corrected chi connectivity index (χ1v) is 9.86. The zero-order chi connectivity index (χ0) is 21.0. The smallest absolute Gasteiger partial charge is 0.426 e. The molecule has 3 unspecified atom stereocenters. The first-order valence-electron chi connectivity index (χ1n) is 9.48. The Kier molecular flexibility index (Phi) is 4.80. The highest BCUT2D eigenvalue weighted by molar-refractivity contribution is 6.30. The van der Waals surface area contributed by atoms with Crippen LogP contribution >= 0.6 is 11.6 Å². The van der Waals surface area contributed by atoms with Crippen molar-refractivity contribution in [3.05, 3.63) is 65.0 Å². The molecule has 4 rings (SSSR count). The Balaban J connectivity index is 1.46. The summed E-state index contributed by atoms with van der Waals surface area (Å²) in [6.07, 6.45) is 1.15. The summed E-state index contributed by atoms with van der Waals surface area (Å²) in [4.78, 5) is 12.7. The normalized spacial score (nSPS) is 25.6. The highest BCUT2D eigenvalue weighted by Crippen LogP contribution is 2.60. The van der Waals surface area contributed by atoms with Crippen molar-refractivity contribution >= 4 is 17.6 Å². The maximum absolute atomic E-state index is 12.7. The third-order valence-electron chi connectivity index (χ3n) is 6.05. The van der Waals surface area contributed by atoms with E-state index in [1.165, 1.54) is 0 Å². The summed E-state index contributed by atoms with van der Waals surface area (Å²) in [6, 6.07) is 9.91. The lowest BCUT2D eigenvalue weighted by Gasteiger charge is -2.13. The standard InChI is InChI=1S/C22H21ClF3NO2/c1-21(2)16(12-18(23)22(24,25)26)19(21)20(28)29-14-10-13-6-5-7-17(15(13)11-14)27-8-3-4-9-27/h3-9,12,14,16,19H,10-11H2,1-2H3/b18-12+. The molecule has 1 fully saturated rings. The van der Waals surface area contributed by atoms with Crippen LogP contribution in [0.3, 0.4) is 0 Å². The number of allylic oxidation sites excluding steroid dienone is 2. The van der Waals surface area contributed by atoms with Gasteiger partial charge in [-0.3, -0.25) is 4.79 Å². The number of hydrogen-bond donors (Lipinski definition) is 0. The Hall–Kier alpha value is -2.21. The molecular weight excluding hydrogens is 403 g/mol. The van der Waals surface area contributed by atoms with Crippen LogP contribution in [0.4, 0.5) is 13.2 Å². The van der Waals surface area contributed by atoms with Crippen molar-refractivity contribution in [1.29, 1.82) is 0 Å². The molecule has 0 bridgehead atoms. The lowest BCUT2D eigenvalue weighted by atomic mass is 10.1. The Morgan fingerprint density at radius 3 is 2.55 bits per heavy atom. The zero-order valence-electron chi connectivity index (χ0n) is 16.0. The van der Waals surface area contributed by atoms with Crippen LogP contribution < -0.4 is 0 Å². The average Bonchev–Trinajstić information content (AvgIpc) is 3.08. The van der Waals surface area contributed by atoms with Crippen molar-refractivity contribution in [3.63, 3.8) is 0 Å². The minimum absolute atomic E-state index is 0.312. The maximum atomic E-state index is 12.7. The van der Waals surface area contributed by atoms with E-state index in [0.717, 1.165) is 22.9 Å². The number of carbonyl (C=O) groups excluding carboxylic acids is 1. The van der Waals surface area contributed by atoms with Gasteiger partial charge in [0.15, 0.2) is 0 Å². The van der Waals surface area contributed by atoms with Crippen molar-refractivity contribution < 1.29 is 22.7 Å². The van der Waals surface area contributed by atoms with Crippen molar-refractivity contribution in [3.8, 4) is 5.69 Å². The van der Waals surface area contributed by atoms with Gasteiger partial charge in [-0.05, 0) is 40.7 Å². The van der Waals surface area contributed by atoms with Gasteiger partial charge in [-0.15, -0.1) is 0 Å². The molecule has 2 aromatic rings. The molecule has 0 spiro atoms. The van der Waals surface area contributed by atoms with E-state index in [4.69, 9.17) is 16.3 Å². The number of benzene rings is 1. The van der Waals surface area contributed by atoms with Crippen LogP contribution in [0.15, 0.2) is 53.8 Å². The van der Waals surface area contributed by atoms with Crippen molar-refractivity contribution in [2.45, 2.75) is 39.0 Å². The van der Waals surface area contributed by atoms with Crippen molar-refractivity contribution in [2.75, 3.05) is 0 Å². The monoisotopic (exact) mass is 423 g/mol. The molecule has 0 aliphatic heterocycles. The molecule has 0 N–H and O–H groups in total. The number of halogens is 4. The van der Waals surface area contributed by atoms with Crippen LogP contribution in [0.5, 0.6) is 0 Å². The first-order chi connectivity index (χ1) is 13.6. The largest absolute Gasteiger partial charge is 0.461 e. The molecule has 154 valence electrons. The van der Waals surface area contributed by atoms with Crippen LogP contribution in [-0.4, -0.2) is 22.8 Å². The fourth-order valence-electron chi connectivity index (χ4n) is 4.34. The summed E-state index contributed by atoms with van der Waals surface area (Å²) in [7, 11) is 0. The second kappa shape index (κ2) is 6.94. The van der Waals surface area contributed by atoms with Gasteiger partial charge in [0.25, 0.3) is 0 Å². The predicted molar refractivity (Wildman–Crippen MR) is 104 cm³/mol. The molecule has 1 saturated carbocycles. The van der Waals surface area contributed by atoms with Gasteiger partial charge in [0.1, 0.15) is 11.1 Å². The van der Waals surface area contributed by atoms with Gasteiger partial charge in [0, 0.05) is 30.9 Å². The van der Waals surface area contributed by atoms with Crippen LogP contribution in [0.25, 0.3) is 5.69 Å². The van der Waals surface area contributed by atoms with E-state index in [0.29, 0.717) is 12.8 Å². The molecule has 0 saturated heterocycles. The van der Waals surface area contributed by atoms with Gasteiger partial charge >= 0.3 is 12.1 Å². The van der Waals surface area contributed by atoms with Crippen LogP contribution in [0.2, 0.25) is 0 Å². The van der Waals surface area contributed by atoms with Crippen molar-refractivity contribution in [1.82, 2.24) is 4.57 Å². The second-order valence-corrected chi connectivity index (χ2v) is 8.72. The molecule has 1 aromatic carbocycles. The van der Waals surface area contributed by atoms with Gasteiger partial charge in [0.2, 0.25) is 0 Å². The number of hydrogen-bond acceptors (Lipinski definition) is 2. The summed E-state index contributed by atoms with van der Waals surface area (Å²) in [5, 5.41) is -1.18. The number of aromatic nitrogens is 1.